The van der Waals surface area contributed by atoms with Crippen molar-refractivity contribution in [1.82, 2.24) is 15.0 Å². The average molecular weight is 410 g/mol. The number of halogens is 2. The number of nitrogens with two attached hydrogens (primary N) is 1. The smallest absolute Gasteiger partial charge is 0.178 e. The molecule has 2 aromatic heterocycles. The maximum atomic E-state index is 13.2. The highest BCUT2D eigenvalue weighted by molar-refractivity contribution is 6.32. The Morgan fingerprint density at radius 1 is 1.24 bits per heavy atom. The summed E-state index contributed by atoms with van der Waals surface area (Å²) in [5.74, 6) is 1.67. The van der Waals surface area contributed by atoms with Crippen molar-refractivity contribution in [1.29, 1.82) is 5.41 Å². The van der Waals surface area contributed by atoms with E-state index in [2.05, 4.69) is 27.1 Å². The standard InChI is InChI=1S/C22H21ClFN5/c23-17-10-27-22-20(28-21(29-22)11-3-5-14(24)6-4-11)15(17)8-18(26)19-13-2-1-12(7-13)16(19)9-25/h1-6,10,12-13,16,19,26H,7-9,25H2,(H,27,28,29). The first kappa shape index (κ1) is 18.5. The van der Waals surface area contributed by atoms with E-state index in [4.69, 9.17) is 22.7 Å². The van der Waals surface area contributed by atoms with Gasteiger partial charge in [-0.2, -0.15) is 0 Å². The molecule has 5 nitrogen and oxygen atoms in total. The third kappa shape index (κ3) is 3.07. The molecule has 5 rings (SSSR count). The monoisotopic (exact) mass is 409 g/mol. The van der Waals surface area contributed by atoms with E-state index in [1.54, 1.807) is 18.3 Å². The minimum atomic E-state index is -0.297. The number of aromatic nitrogens is 3. The summed E-state index contributed by atoms with van der Waals surface area (Å²) >= 11 is 6.48. The lowest BCUT2D eigenvalue weighted by Gasteiger charge is -2.27. The fraction of sp³-hybridized carbons (Fsp3) is 0.318. The van der Waals surface area contributed by atoms with Gasteiger partial charge in [0.1, 0.15) is 11.6 Å². The van der Waals surface area contributed by atoms with Gasteiger partial charge in [-0.05, 0) is 55.0 Å². The molecule has 1 saturated carbocycles. The summed E-state index contributed by atoms with van der Waals surface area (Å²) in [6, 6.07) is 6.14. The minimum absolute atomic E-state index is 0.161. The number of hydrogen-bond donors (Lipinski definition) is 3. The highest BCUT2D eigenvalue weighted by Crippen LogP contribution is 2.48. The van der Waals surface area contributed by atoms with Gasteiger partial charge in [-0.3, -0.25) is 0 Å². The van der Waals surface area contributed by atoms with E-state index in [9.17, 15) is 4.39 Å². The molecule has 2 aliphatic carbocycles. The molecule has 148 valence electrons. The maximum absolute atomic E-state index is 13.2. The molecule has 2 bridgehead atoms. The van der Waals surface area contributed by atoms with Crippen LogP contribution in [-0.4, -0.2) is 27.2 Å². The molecule has 2 heterocycles. The van der Waals surface area contributed by atoms with Crippen LogP contribution in [0.1, 0.15) is 12.0 Å². The second kappa shape index (κ2) is 7.04. The minimum Gasteiger partial charge on any atom is -0.336 e. The number of aromatic amines is 1. The quantitative estimate of drug-likeness (QED) is 0.431. The first-order valence-corrected chi connectivity index (χ1v) is 10.2. The summed E-state index contributed by atoms with van der Waals surface area (Å²) in [4.78, 5) is 12.1. The van der Waals surface area contributed by atoms with Crippen LogP contribution in [0.2, 0.25) is 5.02 Å². The highest BCUT2D eigenvalue weighted by Gasteiger charge is 2.45. The van der Waals surface area contributed by atoms with Crippen LogP contribution in [0.15, 0.2) is 42.6 Å². The van der Waals surface area contributed by atoms with Gasteiger partial charge in [0.05, 0.1) is 10.5 Å². The molecule has 0 saturated heterocycles. The lowest BCUT2D eigenvalue weighted by Crippen LogP contribution is -2.33. The van der Waals surface area contributed by atoms with Gasteiger partial charge in [0.2, 0.25) is 0 Å². The number of nitrogens with zero attached hydrogens (tertiary/aromatic N) is 2. The Morgan fingerprint density at radius 3 is 2.76 bits per heavy atom. The molecule has 0 spiro atoms. The van der Waals surface area contributed by atoms with Crippen molar-refractivity contribution in [3.05, 3.63) is 59.0 Å². The second-order valence-electron chi connectivity index (χ2n) is 7.95. The highest BCUT2D eigenvalue weighted by atomic mass is 35.5. The molecule has 29 heavy (non-hydrogen) atoms. The molecule has 3 aromatic rings. The van der Waals surface area contributed by atoms with Gasteiger partial charge < -0.3 is 16.1 Å². The molecule has 4 N–H and O–H groups in total. The van der Waals surface area contributed by atoms with Crippen LogP contribution in [0.5, 0.6) is 0 Å². The number of benzene rings is 1. The fourth-order valence-electron chi connectivity index (χ4n) is 4.97. The summed E-state index contributed by atoms with van der Waals surface area (Å²) in [6.07, 6.45) is 7.60. The Labute approximate surface area is 172 Å². The number of H-pyrrole nitrogens is 1. The Bertz CT molecular complexity index is 1120. The van der Waals surface area contributed by atoms with E-state index in [0.29, 0.717) is 52.9 Å². The molecular formula is C22H21ClFN5. The summed E-state index contributed by atoms with van der Waals surface area (Å²) in [5, 5.41) is 9.35. The largest absolute Gasteiger partial charge is 0.336 e. The van der Waals surface area contributed by atoms with Crippen LogP contribution in [0.25, 0.3) is 22.6 Å². The van der Waals surface area contributed by atoms with Gasteiger partial charge in [0.25, 0.3) is 0 Å². The molecule has 2 aliphatic rings. The third-order valence-electron chi connectivity index (χ3n) is 6.36. The fourth-order valence-corrected chi connectivity index (χ4v) is 5.18. The van der Waals surface area contributed by atoms with E-state index in [-0.39, 0.29) is 11.7 Å². The van der Waals surface area contributed by atoms with Gasteiger partial charge in [0.15, 0.2) is 5.65 Å². The normalized spacial score (nSPS) is 25.2. The number of fused-ring (bicyclic) bond motifs is 3. The SMILES string of the molecule is N=C(Cc1c(Cl)cnc2nc(-c3ccc(F)cc3)[nH]c12)C1C2C=CC(C2)C1CN. The van der Waals surface area contributed by atoms with Crippen molar-refractivity contribution < 1.29 is 4.39 Å². The number of nitrogens with one attached hydrogen (secondary N) is 2. The number of hydrogen-bond acceptors (Lipinski definition) is 4. The molecule has 4 unspecified atom stereocenters. The number of allylic oxidation sites excluding steroid dienone is 2. The van der Waals surface area contributed by atoms with E-state index in [0.717, 1.165) is 23.1 Å². The topological polar surface area (TPSA) is 91.4 Å². The number of pyridine rings is 1. The van der Waals surface area contributed by atoms with Gasteiger partial charge in [0, 0.05) is 35.4 Å². The molecule has 0 radical (unpaired) electrons. The molecular weight excluding hydrogens is 389 g/mol. The van der Waals surface area contributed by atoms with Crippen LogP contribution < -0.4 is 5.73 Å². The van der Waals surface area contributed by atoms with Gasteiger partial charge in [-0.25, -0.2) is 14.4 Å². The predicted octanol–water partition coefficient (Wildman–Crippen LogP) is 4.38. The Hall–Kier alpha value is -2.57. The summed E-state index contributed by atoms with van der Waals surface area (Å²) < 4.78 is 13.2. The first-order valence-electron chi connectivity index (χ1n) is 9.80. The van der Waals surface area contributed by atoms with Crippen LogP contribution in [-0.2, 0) is 6.42 Å². The van der Waals surface area contributed by atoms with Crippen molar-refractivity contribution in [3.63, 3.8) is 0 Å². The van der Waals surface area contributed by atoms with Gasteiger partial charge in [-0.15, -0.1) is 0 Å². The molecule has 1 aromatic carbocycles. The molecule has 0 aliphatic heterocycles. The molecule has 7 heteroatoms. The Balaban J connectivity index is 1.49. The van der Waals surface area contributed by atoms with Crippen molar-refractivity contribution in [2.24, 2.45) is 29.4 Å². The van der Waals surface area contributed by atoms with E-state index >= 15 is 0 Å². The summed E-state index contributed by atoms with van der Waals surface area (Å²) in [6.45, 7) is 0.594. The summed E-state index contributed by atoms with van der Waals surface area (Å²) in [7, 11) is 0. The first-order chi connectivity index (χ1) is 14.0. The lowest BCUT2D eigenvalue weighted by atomic mass is 9.78. The number of rotatable bonds is 5. The van der Waals surface area contributed by atoms with E-state index in [1.165, 1.54) is 12.1 Å². The average Bonchev–Trinajstić information content (AvgIpc) is 3.44. The van der Waals surface area contributed by atoms with Crippen LogP contribution in [0.3, 0.4) is 0 Å². The second-order valence-corrected chi connectivity index (χ2v) is 8.36. The van der Waals surface area contributed by atoms with Crippen LogP contribution in [0, 0.1) is 34.9 Å². The summed E-state index contributed by atoms with van der Waals surface area (Å²) in [5.41, 5.74) is 9.55. The van der Waals surface area contributed by atoms with E-state index in [1.807, 2.05) is 0 Å². The van der Waals surface area contributed by atoms with Crippen molar-refractivity contribution in [2.45, 2.75) is 12.8 Å². The predicted molar refractivity (Wildman–Crippen MR) is 112 cm³/mol. The van der Waals surface area contributed by atoms with Gasteiger partial charge >= 0.3 is 0 Å². The zero-order chi connectivity index (χ0) is 20.1. The molecule has 0 amide bonds. The van der Waals surface area contributed by atoms with Crippen molar-refractivity contribution in [3.8, 4) is 11.4 Å². The third-order valence-corrected chi connectivity index (χ3v) is 6.68. The number of imidazole rings is 1. The zero-order valence-corrected chi connectivity index (χ0v) is 16.5. The van der Waals surface area contributed by atoms with Crippen LogP contribution >= 0.6 is 11.6 Å². The van der Waals surface area contributed by atoms with Crippen molar-refractivity contribution in [2.75, 3.05) is 6.54 Å². The Morgan fingerprint density at radius 2 is 2.00 bits per heavy atom. The molecule has 4 atom stereocenters. The Kier molecular flexibility index (Phi) is 4.48. The molecule has 1 fully saturated rings. The maximum Gasteiger partial charge on any atom is 0.178 e. The van der Waals surface area contributed by atoms with Crippen molar-refractivity contribution >= 4 is 28.5 Å². The zero-order valence-electron chi connectivity index (χ0n) is 15.7. The van der Waals surface area contributed by atoms with Gasteiger partial charge in [-0.1, -0.05) is 23.8 Å². The van der Waals surface area contributed by atoms with Crippen LogP contribution in [0.4, 0.5) is 4.39 Å². The lowest BCUT2D eigenvalue weighted by molar-refractivity contribution is 0.395. The van der Waals surface area contributed by atoms with E-state index < -0.39 is 0 Å².